The number of hydrogen-bond donors (Lipinski definition) is 2. The van der Waals surface area contributed by atoms with Gasteiger partial charge in [0.25, 0.3) is 5.91 Å². The van der Waals surface area contributed by atoms with Crippen molar-refractivity contribution in [3.8, 4) is 0 Å². The number of benzene rings is 1. The van der Waals surface area contributed by atoms with Gasteiger partial charge in [-0.05, 0) is 23.5 Å². The predicted octanol–water partition coefficient (Wildman–Crippen LogP) is 1.22. The van der Waals surface area contributed by atoms with Crippen LogP contribution in [0.3, 0.4) is 0 Å². The van der Waals surface area contributed by atoms with E-state index in [0.717, 1.165) is 17.0 Å². The third-order valence-electron chi connectivity index (χ3n) is 2.60. The van der Waals surface area contributed by atoms with Crippen LogP contribution in [0.5, 0.6) is 0 Å². The zero-order valence-corrected chi connectivity index (χ0v) is 10.7. The Labute approximate surface area is 103 Å². The highest BCUT2D eigenvalue weighted by Gasteiger charge is 2.17. The van der Waals surface area contributed by atoms with Gasteiger partial charge in [0.1, 0.15) is 6.04 Å². The molecule has 1 atom stereocenters. The van der Waals surface area contributed by atoms with Crippen molar-refractivity contribution in [2.24, 2.45) is 17.5 Å². The Balaban J connectivity index is 2.77. The number of nitrogens with zero attached hydrogens (tertiary/aromatic N) is 1. The van der Waals surface area contributed by atoms with Crippen molar-refractivity contribution in [2.75, 3.05) is 7.05 Å². The number of amides is 1. The Kier molecular flexibility index (Phi) is 4.66. The first-order chi connectivity index (χ1) is 7.91. The van der Waals surface area contributed by atoms with E-state index in [-0.39, 0.29) is 5.91 Å². The van der Waals surface area contributed by atoms with Gasteiger partial charge in [-0.15, -0.1) is 0 Å². The van der Waals surface area contributed by atoms with Crippen molar-refractivity contribution in [3.05, 3.63) is 35.4 Å². The maximum absolute atomic E-state index is 11.6. The number of rotatable bonds is 4. The second-order valence-electron chi connectivity index (χ2n) is 4.77. The van der Waals surface area contributed by atoms with Gasteiger partial charge in [-0.2, -0.15) is 0 Å². The SMILES string of the molecule is CC(C)Cc1ccc(C(N)C(=O)N(C)N)cc1. The first-order valence-corrected chi connectivity index (χ1v) is 5.78. The van der Waals surface area contributed by atoms with Crippen LogP contribution in [0.15, 0.2) is 24.3 Å². The molecule has 0 spiro atoms. The van der Waals surface area contributed by atoms with E-state index >= 15 is 0 Å². The summed E-state index contributed by atoms with van der Waals surface area (Å²) in [5.74, 6) is 5.70. The van der Waals surface area contributed by atoms with Crippen LogP contribution in [0.2, 0.25) is 0 Å². The van der Waals surface area contributed by atoms with Crippen molar-refractivity contribution < 1.29 is 4.79 Å². The summed E-state index contributed by atoms with van der Waals surface area (Å²) in [5.41, 5.74) is 7.87. The van der Waals surface area contributed by atoms with E-state index in [2.05, 4.69) is 13.8 Å². The quantitative estimate of drug-likeness (QED) is 0.468. The molecular weight excluding hydrogens is 214 g/mol. The molecule has 1 amide bonds. The summed E-state index contributed by atoms with van der Waals surface area (Å²) in [6.45, 7) is 4.35. The molecule has 0 radical (unpaired) electrons. The monoisotopic (exact) mass is 235 g/mol. The molecular formula is C13H21N3O. The van der Waals surface area contributed by atoms with Crippen LogP contribution in [0.1, 0.15) is 31.0 Å². The molecule has 1 aromatic carbocycles. The van der Waals surface area contributed by atoms with Crippen LogP contribution in [0.25, 0.3) is 0 Å². The molecule has 0 aliphatic rings. The lowest BCUT2D eigenvalue weighted by molar-refractivity contribution is -0.131. The first-order valence-electron chi connectivity index (χ1n) is 5.78. The van der Waals surface area contributed by atoms with E-state index in [9.17, 15) is 4.79 Å². The number of hydrogen-bond acceptors (Lipinski definition) is 3. The number of carbonyl (C=O) groups is 1. The molecule has 4 nitrogen and oxygen atoms in total. The van der Waals surface area contributed by atoms with Gasteiger partial charge in [0.05, 0.1) is 0 Å². The zero-order valence-electron chi connectivity index (χ0n) is 10.7. The average molecular weight is 235 g/mol. The van der Waals surface area contributed by atoms with Gasteiger partial charge in [-0.1, -0.05) is 38.1 Å². The molecule has 0 fully saturated rings. The normalized spacial score (nSPS) is 12.6. The Morgan fingerprint density at radius 1 is 1.29 bits per heavy atom. The van der Waals surface area contributed by atoms with E-state index in [1.807, 2.05) is 24.3 Å². The molecule has 17 heavy (non-hydrogen) atoms. The van der Waals surface area contributed by atoms with Crippen LogP contribution in [0.4, 0.5) is 0 Å². The lowest BCUT2D eigenvalue weighted by Gasteiger charge is -2.17. The van der Waals surface area contributed by atoms with Crippen molar-refractivity contribution in [3.63, 3.8) is 0 Å². The molecule has 0 aromatic heterocycles. The summed E-state index contributed by atoms with van der Waals surface area (Å²) in [6.07, 6.45) is 1.03. The second-order valence-corrected chi connectivity index (χ2v) is 4.77. The lowest BCUT2D eigenvalue weighted by Crippen LogP contribution is -2.40. The molecule has 94 valence electrons. The van der Waals surface area contributed by atoms with Crippen LogP contribution < -0.4 is 11.6 Å². The minimum atomic E-state index is -0.682. The fourth-order valence-electron chi connectivity index (χ4n) is 1.69. The zero-order chi connectivity index (χ0) is 13.0. The summed E-state index contributed by atoms with van der Waals surface area (Å²) in [7, 11) is 1.50. The van der Waals surface area contributed by atoms with E-state index in [0.29, 0.717) is 5.92 Å². The van der Waals surface area contributed by atoms with Crippen molar-refractivity contribution in [2.45, 2.75) is 26.3 Å². The molecule has 1 unspecified atom stereocenters. The summed E-state index contributed by atoms with van der Waals surface area (Å²) < 4.78 is 0. The molecule has 1 aromatic rings. The predicted molar refractivity (Wildman–Crippen MR) is 68.9 cm³/mol. The Bertz CT molecular complexity index is 371. The Hall–Kier alpha value is -1.39. The van der Waals surface area contributed by atoms with Gasteiger partial charge in [-0.25, -0.2) is 5.84 Å². The number of hydrazine groups is 1. The molecule has 0 heterocycles. The smallest absolute Gasteiger partial charge is 0.257 e. The third kappa shape index (κ3) is 3.84. The topological polar surface area (TPSA) is 72.4 Å². The molecule has 0 saturated carbocycles. The van der Waals surface area contributed by atoms with Crippen LogP contribution in [-0.4, -0.2) is 18.0 Å². The summed E-state index contributed by atoms with van der Waals surface area (Å²) in [6, 6.07) is 7.13. The highest BCUT2D eigenvalue weighted by atomic mass is 16.2. The molecule has 4 N–H and O–H groups in total. The van der Waals surface area contributed by atoms with Crippen molar-refractivity contribution in [1.82, 2.24) is 5.01 Å². The lowest BCUT2D eigenvalue weighted by atomic mass is 9.99. The number of carbonyl (C=O) groups excluding carboxylic acids is 1. The van der Waals surface area contributed by atoms with E-state index in [1.54, 1.807) is 0 Å². The summed E-state index contributed by atoms with van der Waals surface area (Å²) >= 11 is 0. The van der Waals surface area contributed by atoms with Crippen LogP contribution in [0, 0.1) is 5.92 Å². The largest absolute Gasteiger partial charge is 0.316 e. The third-order valence-corrected chi connectivity index (χ3v) is 2.60. The summed E-state index contributed by atoms with van der Waals surface area (Å²) in [4.78, 5) is 11.6. The van der Waals surface area contributed by atoms with Crippen LogP contribution >= 0.6 is 0 Å². The first kappa shape index (κ1) is 13.7. The highest BCUT2D eigenvalue weighted by molar-refractivity contribution is 5.82. The van der Waals surface area contributed by atoms with E-state index in [1.165, 1.54) is 12.6 Å². The minimum Gasteiger partial charge on any atom is -0.316 e. The highest BCUT2D eigenvalue weighted by Crippen LogP contribution is 2.15. The average Bonchev–Trinajstić information content (AvgIpc) is 2.27. The van der Waals surface area contributed by atoms with Gasteiger partial charge in [0.15, 0.2) is 0 Å². The van der Waals surface area contributed by atoms with Gasteiger partial charge >= 0.3 is 0 Å². The van der Waals surface area contributed by atoms with Crippen molar-refractivity contribution >= 4 is 5.91 Å². The molecule has 0 bridgehead atoms. The molecule has 4 heteroatoms. The summed E-state index contributed by atoms with van der Waals surface area (Å²) in [5, 5.41) is 1.02. The second kappa shape index (κ2) is 5.80. The van der Waals surface area contributed by atoms with Crippen LogP contribution in [-0.2, 0) is 11.2 Å². The van der Waals surface area contributed by atoms with E-state index in [4.69, 9.17) is 11.6 Å². The minimum absolute atomic E-state index is 0.290. The van der Waals surface area contributed by atoms with Gasteiger partial charge in [0, 0.05) is 7.05 Å². The van der Waals surface area contributed by atoms with E-state index < -0.39 is 6.04 Å². The molecule has 0 saturated heterocycles. The Morgan fingerprint density at radius 3 is 2.24 bits per heavy atom. The standard InChI is InChI=1S/C13H21N3O/c1-9(2)8-10-4-6-11(7-5-10)12(14)13(17)16(3)15/h4-7,9,12H,8,14-15H2,1-3H3. The number of likely N-dealkylation sites (N-methyl/N-ethyl adjacent to an activating group) is 1. The Morgan fingerprint density at radius 2 is 1.82 bits per heavy atom. The van der Waals surface area contributed by atoms with Crippen molar-refractivity contribution in [1.29, 1.82) is 0 Å². The maximum atomic E-state index is 11.6. The fourth-order valence-corrected chi connectivity index (χ4v) is 1.69. The van der Waals surface area contributed by atoms with Gasteiger partial charge in [-0.3, -0.25) is 9.80 Å². The molecule has 0 aliphatic heterocycles. The maximum Gasteiger partial charge on any atom is 0.257 e. The molecule has 0 aliphatic carbocycles. The fraction of sp³-hybridized carbons (Fsp3) is 0.462. The van der Waals surface area contributed by atoms with Gasteiger partial charge in [0.2, 0.25) is 0 Å². The van der Waals surface area contributed by atoms with Gasteiger partial charge < -0.3 is 5.73 Å². The number of nitrogens with two attached hydrogens (primary N) is 2. The molecule has 1 rings (SSSR count).